The summed E-state index contributed by atoms with van der Waals surface area (Å²) in [7, 11) is 0. The number of carbonyl (C=O) groups excluding carboxylic acids is 3. The third-order valence-corrected chi connectivity index (χ3v) is 7.45. The van der Waals surface area contributed by atoms with E-state index >= 15 is 0 Å². The van der Waals surface area contributed by atoms with Gasteiger partial charge in [0, 0.05) is 31.2 Å². The maximum Gasteiger partial charge on any atom is 0.247 e. The van der Waals surface area contributed by atoms with Crippen molar-refractivity contribution in [2.75, 3.05) is 18.4 Å². The Balaban J connectivity index is 1.39. The summed E-state index contributed by atoms with van der Waals surface area (Å²) in [6.45, 7) is 0.169. The number of hydrogen-bond acceptors (Lipinski definition) is 6. The van der Waals surface area contributed by atoms with Gasteiger partial charge in [-0.1, -0.05) is 36.4 Å². The van der Waals surface area contributed by atoms with E-state index < -0.39 is 24.1 Å². The minimum absolute atomic E-state index is 0.00149. The van der Waals surface area contributed by atoms with Crippen LogP contribution >= 0.6 is 0 Å². The average molecular weight is 522 g/mol. The SMILES string of the molecule is NCC(O)C[C@H](N)C(=O)N1C[C@H](NC(=O)CCCc2ccccc2)C[C@H]1C(=O)Nc1ccc2c(c1)CCC2. The first-order chi connectivity index (χ1) is 18.3. The number of amides is 3. The van der Waals surface area contributed by atoms with Gasteiger partial charge in [-0.2, -0.15) is 0 Å². The smallest absolute Gasteiger partial charge is 0.247 e. The third kappa shape index (κ3) is 7.18. The van der Waals surface area contributed by atoms with Crippen LogP contribution in [0, 0.1) is 0 Å². The minimum Gasteiger partial charge on any atom is -0.392 e. The molecule has 2 aromatic rings. The number of aliphatic hydroxyl groups excluding tert-OH is 1. The number of hydrogen-bond donors (Lipinski definition) is 5. The normalized spacial score (nSPS) is 20.0. The van der Waals surface area contributed by atoms with Gasteiger partial charge in [0.05, 0.1) is 12.1 Å². The molecular weight excluding hydrogens is 482 g/mol. The van der Waals surface area contributed by atoms with Gasteiger partial charge in [-0.15, -0.1) is 0 Å². The lowest BCUT2D eigenvalue weighted by Crippen LogP contribution is -2.51. The quantitative estimate of drug-likeness (QED) is 0.300. The number of likely N-dealkylation sites (tertiary alicyclic amines) is 1. The van der Waals surface area contributed by atoms with E-state index in [4.69, 9.17) is 11.5 Å². The fourth-order valence-corrected chi connectivity index (χ4v) is 5.41. The van der Waals surface area contributed by atoms with Gasteiger partial charge in [0.25, 0.3) is 0 Å². The van der Waals surface area contributed by atoms with Gasteiger partial charge in [0.15, 0.2) is 0 Å². The summed E-state index contributed by atoms with van der Waals surface area (Å²) in [4.78, 5) is 40.7. The van der Waals surface area contributed by atoms with Crippen LogP contribution in [-0.4, -0.2) is 65.0 Å². The summed E-state index contributed by atoms with van der Waals surface area (Å²) in [5, 5.41) is 15.9. The molecule has 1 aliphatic carbocycles. The van der Waals surface area contributed by atoms with Crippen LogP contribution in [0.5, 0.6) is 0 Å². The van der Waals surface area contributed by atoms with Crippen LogP contribution in [-0.2, 0) is 33.6 Å². The zero-order valence-electron chi connectivity index (χ0n) is 21.8. The van der Waals surface area contributed by atoms with Crippen LogP contribution in [0.4, 0.5) is 5.69 Å². The van der Waals surface area contributed by atoms with Crippen LogP contribution in [0.15, 0.2) is 48.5 Å². The Labute approximate surface area is 223 Å². The number of nitrogens with zero attached hydrogens (tertiary/aromatic N) is 1. The first kappa shape index (κ1) is 27.8. The van der Waals surface area contributed by atoms with Crippen molar-refractivity contribution >= 4 is 23.4 Å². The summed E-state index contributed by atoms with van der Waals surface area (Å²) < 4.78 is 0. The Morgan fingerprint density at radius 3 is 2.61 bits per heavy atom. The molecule has 4 atom stereocenters. The molecule has 9 heteroatoms. The van der Waals surface area contributed by atoms with Gasteiger partial charge in [-0.25, -0.2) is 0 Å². The monoisotopic (exact) mass is 521 g/mol. The molecule has 0 spiro atoms. The molecule has 1 aliphatic heterocycles. The fourth-order valence-electron chi connectivity index (χ4n) is 5.41. The molecule has 1 unspecified atom stereocenters. The van der Waals surface area contributed by atoms with Crippen molar-refractivity contribution in [2.45, 2.75) is 75.6 Å². The lowest BCUT2D eigenvalue weighted by molar-refractivity contribution is -0.138. The minimum atomic E-state index is -0.996. The number of fused-ring (bicyclic) bond motifs is 1. The molecule has 4 rings (SSSR count). The molecule has 204 valence electrons. The van der Waals surface area contributed by atoms with Crippen LogP contribution in [0.1, 0.15) is 48.8 Å². The van der Waals surface area contributed by atoms with E-state index in [1.807, 2.05) is 48.5 Å². The Kier molecular flexibility index (Phi) is 9.49. The van der Waals surface area contributed by atoms with Crippen molar-refractivity contribution in [1.29, 1.82) is 0 Å². The van der Waals surface area contributed by atoms with E-state index in [9.17, 15) is 19.5 Å². The number of carbonyl (C=O) groups is 3. The second kappa shape index (κ2) is 13.0. The van der Waals surface area contributed by atoms with Crippen LogP contribution in [0.3, 0.4) is 0 Å². The standard InChI is InChI=1S/C29H39N5O4/c30-17-24(35)16-25(31)29(38)34-18-23(32-27(36)11-4-8-19-6-2-1-3-7-19)15-26(34)28(37)33-22-13-12-20-9-5-10-21(20)14-22/h1-3,6-7,12-14,23-26,35H,4-5,8-11,15-18,30-31H2,(H,32,36)(H,33,37)/t23-,24?,25+,26+/m1/s1. The van der Waals surface area contributed by atoms with E-state index in [0.717, 1.165) is 25.7 Å². The Hall–Kier alpha value is -3.27. The summed E-state index contributed by atoms with van der Waals surface area (Å²) in [6.07, 6.45) is 4.39. The molecule has 0 bridgehead atoms. The van der Waals surface area contributed by atoms with E-state index in [-0.39, 0.29) is 37.4 Å². The zero-order valence-corrected chi connectivity index (χ0v) is 21.8. The number of aryl methyl sites for hydroxylation is 3. The van der Waals surface area contributed by atoms with E-state index in [1.54, 1.807) is 0 Å². The van der Waals surface area contributed by atoms with Crippen molar-refractivity contribution in [2.24, 2.45) is 11.5 Å². The fraction of sp³-hybridized carbons (Fsp3) is 0.483. The highest BCUT2D eigenvalue weighted by Gasteiger charge is 2.41. The van der Waals surface area contributed by atoms with Crippen LogP contribution in [0.25, 0.3) is 0 Å². The second-order valence-electron chi connectivity index (χ2n) is 10.4. The molecule has 7 N–H and O–H groups in total. The van der Waals surface area contributed by atoms with Crippen LogP contribution < -0.4 is 22.1 Å². The lowest BCUT2D eigenvalue weighted by atomic mass is 10.1. The molecule has 1 saturated heterocycles. The second-order valence-corrected chi connectivity index (χ2v) is 10.4. The van der Waals surface area contributed by atoms with Crippen molar-refractivity contribution in [3.63, 3.8) is 0 Å². The van der Waals surface area contributed by atoms with Gasteiger partial charge in [-0.05, 0) is 73.8 Å². The summed E-state index contributed by atoms with van der Waals surface area (Å²) >= 11 is 0. The van der Waals surface area contributed by atoms with E-state index in [1.165, 1.54) is 21.6 Å². The first-order valence-electron chi connectivity index (χ1n) is 13.5. The molecule has 9 nitrogen and oxygen atoms in total. The molecule has 2 aliphatic rings. The molecule has 0 saturated carbocycles. The highest BCUT2D eigenvalue weighted by molar-refractivity contribution is 5.98. The van der Waals surface area contributed by atoms with Gasteiger partial charge in [-0.3, -0.25) is 14.4 Å². The van der Waals surface area contributed by atoms with Crippen molar-refractivity contribution in [3.8, 4) is 0 Å². The van der Waals surface area contributed by atoms with Gasteiger partial charge < -0.3 is 32.1 Å². The Morgan fingerprint density at radius 1 is 1.08 bits per heavy atom. The van der Waals surface area contributed by atoms with Crippen molar-refractivity contribution in [1.82, 2.24) is 10.2 Å². The molecule has 1 heterocycles. The number of rotatable bonds is 11. The van der Waals surface area contributed by atoms with E-state index in [0.29, 0.717) is 24.9 Å². The first-order valence-corrected chi connectivity index (χ1v) is 13.5. The molecule has 1 fully saturated rings. The Bertz CT molecular complexity index is 1130. The molecule has 2 aromatic carbocycles. The van der Waals surface area contributed by atoms with Gasteiger partial charge >= 0.3 is 0 Å². The van der Waals surface area contributed by atoms with Gasteiger partial charge in [0.2, 0.25) is 17.7 Å². The predicted molar refractivity (Wildman–Crippen MR) is 146 cm³/mol. The number of aliphatic hydroxyl groups is 1. The maximum atomic E-state index is 13.4. The number of nitrogens with two attached hydrogens (primary N) is 2. The zero-order chi connectivity index (χ0) is 27.1. The summed E-state index contributed by atoms with van der Waals surface area (Å²) in [5.74, 6) is -0.864. The lowest BCUT2D eigenvalue weighted by Gasteiger charge is -2.27. The van der Waals surface area contributed by atoms with Crippen molar-refractivity contribution in [3.05, 3.63) is 65.2 Å². The molecule has 38 heavy (non-hydrogen) atoms. The van der Waals surface area contributed by atoms with Gasteiger partial charge in [0.1, 0.15) is 6.04 Å². The maximum absolute atomic E-state index is 13.4. The predicted octanol–water partition coefficient (Wildman–Crippen LogP) is 1.26. The summed E-state index contributed by atoms with van der Waals surface area (Å²) in [5.41, 5.74) is 16.0. The molecule has 0 aromatic heterocycles. The molecule has 0 radical (unpaired) electrons. The molecule has 3 amide bonds. The van der Waals surface area contributed by atoms with Crippen molar-refractivity contribution < 1.29 is 19.5 Å². The highest BCUT2D eigenvalue weighted by atomic mass is 16.3. The van der Waals surface area contributed by atoms with Crippen LogP contribution in [0.2, 0.25) is 0 Å². The number of nitrogens with one attached hydrogen (secondary N) is 2. The number of benzene rings is 2. The highest BCUT2D eigenvalue weighted by Crippen LogP contribution is 2.26. The topological polar surface area (TPSA) is 151 Å². The third-order valence-electron chi connectivity index (χ3n) is 7.45. The average Bonchev–Trinajstić information content (AvgIpc) is 3.55. The molecular formula is C29H39N5O4. The van der Waals surface area contributed by atoms with E-state index in [2.05, 4.69) is 10.6 Å². The number of anilines is 1. The summed E-state index contributed by atoms with van der Waals surface area (Å²) in [6, 6.07) is 13.8. The largest absolute Gasteiger partial charge is 0.392 e. The Morgan fingerprint density at radius 2 is 1.84 bits per heavy atom.